The van der Waals surface area contributed by atoms with E-state index < -0.39 is 16.1 Å². The smallest absolute Gasteiger partial charge is 0.242 e. The number of carbonyl (C=O) groups excluding carboxylic acids is 2. The number of sulfonamides is 1. The van der Waals surface area contributed by atoms with E-state index in [1.165, 1.54) is 4.31 Å². The van der Waals surface area contributed by atoms with Crippen LogP contribution in [-0.4, -0.2) is 57.6 Å². The minimum Gasteiger partial charge on any atom is -0.497 e. The highest BCUT2D eigenvalue weighted by atomic mass is 32.2. The lowest BCUT2D eigenvalue weighted by Gasteiger charge is -2.31. The van der Waals surface area contributed by atoms with Crippen LogP contribution in [0, 0.1) is 6.92 Å². The second-order valence-electron chi connectivity index (χ2n) is 8.40. The van der Waals surface area contributed by atoms with Gasteiger partial charge in [0.05, 0.1) is 19.1 Å². The fraction of sp³-hybridized carbons (Fsp3) is 0.462. The van der Waals surface area contributed by atoms with Crippen molar-refractivity contribution in [2.24, 2.45) is 0 Å². The maximum Gasteiger partial charge on any atom is 0.242 e. The predicted molar refractivity (Wildman–Crippen MR) is 139 cm³/mol. The van der Waals surface area contributed by atoms with Crippen LogP contribution in [0.5, 0.6) is 5.75 Å². The Morgan fingerprint density at radius 2 is 1.71 bits per heavy atom. The molecule has 2 aromatic rings. The maximum atomic E-state index is 13.4. The molecule has 1 atom stereocenters. The van der Waals surface area contributed by atoms with Gasteiger partial charge in [-0.05, 0) is 62.1 Å². The zero-order chi connectivity index (χ0) is 26.0. The Balaban J connectivity index is 2.20. The van der Waals surface area contributed by atoms with Gasteiger partial charge in [0.1, 0.15) is 11.8 Å². The molecular formula is C26H37N3O5S. The SMILES string of the molecule is CCNC(=O)[C@H](CC)N(Cc1ccccc1C)C(=O)CCCN(c1ccc(OC)cc1)S(C)(=O)=O. The van der Waals surface area contributed by atoms with Crippen LogP contribution in [-0.2, 0) is 26.2 Å². The summed E-state index contributed by atoms with van der Waals surface area (Å²) >= 11 is 0. The lowest BCUT2D eigenvalue weighted by atomic mass is 10.1. The summed E-state index contributed by atoms with van der Waals surface area (Å²) in [6, 6.07) is 13.9. The van der Waals surface area contributed by atoms with E-state index in [4.69, 9.17) is 4.74 Å². The van der Waals surface area contributed by atoms with Crippen LogP contribution in [0.25, 0.3) is 0 Å². The molecule has 8 nitrogen and oxygen atoms in total. The van der Waals surface area contributed by atoms with Crippen molar-refractivity contribution >= 4 is 27.5 Å². The van der Waals surface area contributed by atoms with Crippen LogP contribution in [0.15, 0.2) is 48.5 Å². The van der Waals surface area contributed by atoms with E-state index in [9.17, 15) is 18.0 Å². The lowest BCUT2D eigenvalue weighted by molar-refractivity contribution is -0.141. The van der Waals surface area contributed by atoms with Crippen molar-refractivity contribution in [3.8, 4) is 5.75 Å². The lowest BCUT2D eigenvalue weighted by Crippen LogP contribution is -2.49. The fourth-order valence-electron chi connectivity index (χ4n) is 3.93. The first-order valence-corrected chi connectivity index (χ1v) is 13.7. The molecule has 0 aliphatic carbocycles. The van der Waals surface area contributed by atoms with Crippen LogP contribution in [0.4, 0.5) is 5.69 Å². The molecule has 0 fully saturated rings. The molecule has 192 valence electrons. The monoisotopic (exact) mass is 503 g/mol. The van der Waals surface area contributed by atoms with Gasteiger partial charge in [-0.15, -0.1) is 0 Å². The van der Waals surface area contributed by atoms with Crippen molar-refractivity contribution in [2.75, 3.05) is 30.8 Å². The molecular weight excluding hydrogens is 466 g/mol. The van der Waals surface area contributed by atoms with Gasteiger partial charge in [-0.2, -0.15) is 0 Å². The highest BCUT2D eigenvalue weighted by molar-refractivity contribution is 7.92. The van der Waals surface area contributed by atoms with Gasteiger partial charge >= 0.3 is 0 Å². The first-order valence-electron chi connectivity index (χ1n) is 11.9. The molecule has 2 amide bonds. The van der Waals surface area contributed by atoms with E-state index in [0.29, 0.717) is 37.4 Å². The number of hydrogen-bond donors (Lipinski definition) is 1. The molecule has 2 aromatic carbocycles. The van der Waals surface area contributed by atoms with Gasteiger partial charge in [0.25, 0.3) is 0 Å². The number of amides is 2. The van der Waals surface area contributed by atoms with Crippen molar-refractivity contribution in [3.63, 3.8) is 0 Å². The van der Waals surface area contributed by atoms with Crippen LogP contribution in [0.3, 0.4) is 0 Å². The first-order chi connectivity index (χ1) is 16.6. The molecule has 0 saturated carbocycles. The molecule has 0 aliphatic rings. The molecule has 9 heteroatoms. The van der Waals surface area contributed by atoms with Crippen LogP contribution in [0.2, 0.25) is 0 Å². The van der Waals surface area contributed by atoms with Crippen molar-refractivity contribution in [1.29, 1.82) is 0 Å². The van der Waals surface area contributed by atoms with Gasteiger partial charge in [0.2, 0.25) is 21.8 Å². The number of likely N-dealkylation sites (N-methyl/N-ethyl adjacent to an activating group) is 1. The van der Waals surface area contributed by atoms with Gasteiger partial charge in [-0.3, -0.25) is 13.9 Å². The molecule has 0 aromatic heterocycles. The number of ether oxygens (including phenoxy) is 1. The summed E-state index contributed by atoms with van der Waals surface area (Å²) < 4.78 is 31.3. The molecule has 1 N–H and O–H groups in total. The van der Waals surface area contributed by atoms with Crippen molar-refractivity contribution in [3.05, 3.63) is 59.7 Å². The molecule has 2 rings (SSSR count). The molecule has 0 spiro atoms. The Kier molecular flexibility index (Phi) is 10.6. The van der Waals surface area contributed by atoms with Crippen LogP contribution < -0.4 is 14.4 Å². The highest BCUT2D eigenvalue weighted by Gasteiger charge is 2.28. The van der Waals surface area contributed by atoms with Gasteiger partial charge in [0, 0.05) is 26.1 Å². The Morgan fingerprint density at radius 3 is 2.26 bits per heavy atom. The summed E-state index contributed by atoms with van der Waals surface area (Å²) in [7, 11) is -2.00. The average Bonchev–Trinajstić information content (AvgIpc) is 2.82. The maximum absolute atomic E-state index is 13.4. The number of aryl methyl sites for hydroxylation is 1. The van der Waals surface area contributed by atoms with E-state index in [1.54, 1.807) is 36.3 Å². The van der Waals surface area contributed by atoms with Crippen LogP contribution >= 0.6 is 0 Å². The standard InChI is InChI=1S/C26H37N3O5S/c1-6-24(26(31)27-7-2)28(19-21-12-9-8-11-20(21)3)25(30)13-10-18-29(35(5,32)33)22-14-16-23(34-4)17-15-22/h8-9,11-12,14-17,24H,6-7,10,13,18-19H2,1-5H3,(H,27,31)/t24-/m0/s1. The Hall–Kier alpha value is -3.07. The molecule has 0 aliphatic heterocycles. The van der Waals surface area contributed by atoms with Gasteiger partial charge in [-0.1, -0.05) is 31.2 Å². The van der Waals surface area contributed by atoms with Gasteiger partial charge in [0.15, 0.2) is 0 Å². The summed E-state index contributed by atoms with van der Waals surface area (Å²) in [5, 5.41) is 2.83. The normalized spacial score (nSPS) is 12.0. The third kappa shape index (κ3) is 7.99. The average molecular weight is 504 g/mol. The minimum atomic E-state index is -3.55. The number of methoxy groups -OCH3 is 1. The molecule has 0 bridgehead atoms. The quantitative estimate of drug-likeness (QED) is 0.451. The van der Waals surface area contributed by atoms with Crippen molar-refractivity contribution < 1.29 is 22.7 Å². The number of anilines is 1. The molecule has 0 saturated heterocycles. The van der Waals surface area contributed by atoms with E-state index >= 15 is 0 Å². The molecule has 35 heavy (non-hydrogen) atoms. The van der Waals surface area contributed by atoms with Gasteiger partial charge < -0.3 is 15.0 Å². The predicted octanol–water partition coefficient (Wildman–Crippen LogP) is 3.49. The number of benzene rings is 2. The van der Waals surface area contributed by atoms with E-state index in [-0.39, 0.29) is 24.8 Å². The van der Waals surface area contributed by atoms with Crippen molar-refractivity contribution in [2.45, 2.75) is 52.6 Å². The van der Waals surface area contributed by atoms with E-state index in [0.717, 1.165) is 17.4 Å². The molecule has 0 heterocycles. The largest absolute Gasteiger partial charge is 0.497 e. The molecule has 0 radical (unpaired) electrons. The Morgan fingerprint density at radius 1 is 1.06 bits per heavy atom. The molecule has 0 unspecified atom stereocenters. The number of hydrogen-bond acceptors (Lipinski definition) is 5. The topological polar surface area (TPSA) is 96.0 Å². The van der Waals surface area contributed by atoms with E-state index in [2.05, 4.69) is 5.32 Å². The Bertz CT molecular complexity index is 1090. The second kappa shape index (κ2) is 13.1. The summed E-state index contributed by atoms with van der Waals surface area (Å²) in [6.45, 7) is 6.64. The summed E-state index contributed by atoms with van der Waals surface area (Å²) in [5.41, 5.74) is 2.52. The Labute approximate surface area is 209 Å². The van der Waals surface area contributed by atoms with Crippen molar-refractivity contribution in [1.82, 2.24) is 10.2 Å². The van der Waals surface area contributed by atoms with Gasteiger partial charge in [-0.25, -0.2) is 8.42 Å². The summed E-state index contributed by atoms with van der Waals surface area (Å²) in [6.07, 6.45) is 2.05. The number of carbonyl (C=O) groups is 2. The minimum absolute atomic E-state index is 0.115. The van der Waals surface area contributed by atoms with Crippen LogP contribution in [0.1, 0.15) is 44.2 Å². The zero-order valence-electron chi connectivity index (χ0n) is 21.3. The second-order valence-corrected chi connectivity index (χ2v) is 10.3. The fourth-order valence-corrected chi connectivity index (χ4v) is 4.90. The summed E-state index contributed by atoms with van der Waals surface area (Å²) in [5.74, 6) is 0.252. The third-order valence-corrected chi connectivity index (χ3v) is 7.05. The number of rotatable bonds is 13. The third-order valence-electron chi connectivity index (χ3n) is 5.85. The number of nitrogens with zero attached hydrogens (tertiary/aromatic N) is 2. The zero-order valence-corrected chi connectivity index (χ0v) is 22.1. The summed E-state index contributed by atoms with van der Waals surface area (Å²) in [4.78, 5) is 27.7. The first kappa shape index (κ1) is 28.2. The highest BCUT2D eigenvalue weighted by Crippen LogP contribution is 2.23. The number of nitrogens with one attached hydrogen (secondary N) is 1. The van der Waals surface area contributed by atoms with E-state index in [1.807, 2.05) is 45.0 Å².